The van der Waals surface area contributed by atoms with Crippen LogP contribution in [0.1, 0.15) is 41.0 Å². The highest BCUT2D eigenvalue weighted by molar-refractivity contribution is 5.93. The van der Waals surface area contributed by atoms with Crippen LogP contribution in [0.3, 0.4) is 0 Å². The van der Waals surface area contributed by atoms with Gasteiger partial charge in [0.15, 0.2) is 11.5 Å². The van der Waals surface area contributed by atoms with Crippen molar-refractivity contribution < 1.29 is 18.4 Å². The average Bonchev–Trinajstić information content (AvgIpc) is 3.59. The number of hydrogen-bond donors (Lipinski definition) is 1. The van der Waals surface area contributed by atoms with Gasteiger partial charge in [0.25, 0.3) is 5.91 Å². The lowest BCUT2D eigenvalue weighted by Crippen LogP contribution is -2.23. The lowest BCUT2D eigenvalue weighted by Gasteiger charge is -2.12. The molecule has 0 fully saturated rings. The maximum atomic E-state index is 13.9. The van der Waals surface area contributed by atoms with Gasteiger partial charge < -0.3 is 14.6 Å². The van der Waals surface area contributed by atoms with E-state index in [1.54, 1.807) is 29.8 Å². The third-order valence-electron chi connectivity index (χ3n) is 6.25. The number of nitrogens with zero attached hydrogens (tertiary/aromatic N) is 3. The molecule has 0 bridgehead atoms. The number of halogens is 1. The van der Waals surface area contributed by atoms with Crippen LogP contribution in [-0.2, 0) is 6.54 Å². The maximum Gasteiger partial charge on any atom is 0.273 e. The molecule has 39 heavy (non-hydrogen) atoms. The number of aromatic nitrogens is 3. The Morgan fingerprint density at radius 1 is 1.00 bits per heavy atom. The van der Waals surface area contributed by atoms with Crippen LogP contribution < -0.4 is 10.1 Å². The molecule has 1 amide bonds. The first-order valence-corrected chi connectivity index (χ1v) is 12.7. The molecule has 0 unspecified atom stereocenters. The second-order valence-electron chi connectivity index (χ2n) is 9.65. The summed E-state index contributed by atoms with van der Waals surface area (Å²) < 4.78 is 27.0. The Hall–Kier alpha value is -4.72. The molecule has 5 rings (SSSR count). The van der Waals surface area contributed by atoms with Gasteiger partial charge in [-0.05, 0) is 87.4 Å². The monoisotopic (exact) mass is 524 g/mol. The molecule has 0 atom stereocenters. The fourth-order valence-electron chi connectivity index (χ4n) is 4.26. The van der Waals surface area contributed by atoms with Gasteiger partial charge in [0.2, 0.25) is 0 Å². The number of hydrogen-bond acceptors (Lipinski definition) is 5. The standard InChI is InChI=1S/C31H29FN4O3/c1-19(2)38-28-13-11-22(15-21(28)4)29-16-27(35-39-29)31(37)33-17-24-18-36(25-8-6-5-7-9-25)34-30(24)23-10-12-26(32)20(3)14-23/h5-16,18-19H,17H2,1-4H3,(H,33,37). The van der Waals surface area contributed by atoms with Gasteiger partial charge in [-0.25, -0.2) is 9.07 Å². The van der Waals surface area contributed by atoms with Gasteiger partial charge in [0.1, 0.15) is 11.6 Å². The van der Waals surface area contributed by atoms with E-state index < -0.39 is 0 Å². The molecule has 0 radical (unpaired) electrons. The van der Waals surface area contributed by atoms with Crippen LogP contribution >= 0.6 is 0 Å². The number of nitrogens with one attached hydrogen (secondary N) is 1. The molecule has 0 aliphatic rings. The molecule has 5 aromatic rings. The molecule has 8 heteroatoms. The third kappa shape index (κ3) is 5.75. The van der Waals surface area contributed by atoms with Gasteiger partial charge in [0.05, 0.1) is 17.5 Å². The average molecular weight is 525 g/mol. The van der Waals surface area contributed by atoms with Crippen molar-refractivity contribution in [3.05, 3.63) is 107 Å². The zero-order chi connectivity index (χ0) is 27.5. The van der Waals surface area contributed by atoms with E-state index in [1.807, 2.05) is 75.5 Å². The number of benzene rings is 3. The summed E-state index contributed by atoms with van der Waals surface area (Å²) in [7, 11) is 0. The van der Waals surface area contributed by atoms with Gasteiger partial charge in [-0.15, -0.1) is 0 Å². The van der Waals surface area contributed by atoms with E-state index in [0.717, 1.165) is 33.7 Å². The highest BCUT2D eigenvalue weighted by atomic mass is 19.1. The first kappa shape index (κ1) is 25.9. The summed E-state index contributed by atoms with van der Waals surface area (Å²) in [5.41, 5.74) is 5.51. The van der Waals surface area contributed by atoms with Crippen molar-refractivity contribution in [2.75, 3.05) is 0 Å². The fraction of sp³-hybridized carbons (Fsp3) is 0.194. The van der Waals surface area contributed by atoms with E-state index in [4.69, 9.17) is 14.4 Å². The van der Waals surface area contributed by atoms with Crippen LogP contribution in [0.4, 0.5) is 4.39 Å². The van der Waals surface area contributed by atoms with E-state index in [-0.39, 0.29) is 30.1 Å². The van der Waals surface area contributed by atoms with Crippen molar-refractivity contribution >= 4 is 5.91 Å². The fourth-order valence-corrected chi connectivity index (χ4v) is 4.26. The Kier molecular flexibility index (Phi) is 7.27. The lowest BCUT2D eigenvalue weighted by molar-refractivity contribution is 0.0942. The summed E-state index contributed by atoms with van der Waals surface area (Å²) in [4.78, 5) is 13.0. The van der Waals surface area contributed by atoms with Crippen molar-refractivity contribution in [2.24, 2.45) is 0 Å². The summed E-state index contributed by atoms with van der Waals surface area (Å²) in [6.07, 6.45) is 1.93. The maximum absolute atomic E-state index is 13.9. The van der Waals surface area contributed by atoms with E-state index in [0.29, 0.717) is 17.0 Å². The predicted octanol–water partition coefficient (Wildman–Crippen LogP) is 6.67. The summed E-state index contributed by atoms with van der Waals surface area (Å²) >= 11 is 0. The van der Waals surface area contributed by atoms with Gasteiger partial charge in [-0.3, -0.25) is 4.79 Å². The van der Waals surface area contributed by atoms with E-state index in [9.17, 15) is 9.18 Å². The van der Waals surface area contributed by atoms with Crippen molar-refractivity contribution in [2.45, 2.75) is 40.3 Å². The van der Waals surface area contributed by atoms with Gasteiger partial charge in [-0.1, -0.05) is 23.4 Å². The van der Waals surface area contributed by atoms with Gasteiger partial charge in [-0.2, -0.15) is 5.10 Å². The van der Waals surface area contributed by atoms with Crippen molar-refractivity contribution in [3.63, 3.8) is 0 Å². The van der Waals surface area contributed by atoms with Crippen LogP contribution in [0.25, 0.3) is 28.3 Å². The Labute approximate surface area is 226 Å². The topological polar surface area (TPSA) is 82.2 Å². The number of amides is 1. The normalized spacial score (nSPS) is 11.1. The largest absolute Gasteiger partial charge is 0.491 e. The predicted molar refractivity (Wildman–Crippen MR) is 147 cm³/mol. The molecule has 198 valence electrons. The number of para-hydroxylation sites is 1. The minimum Gasteiger partial charge on any atom is -0.491 e. The van der Waals surface area contributed by atoms with Crippen molar-refractivity contribution in [3.8, 4) is 34.0 Å². The van der Waals surface area contributed by atoms with E-state index >= 15 is 0 Å². The second kappa shape index (κ2) is 10.9. The number of carbonyl (C=O) groups excluding carboxylic acids is 1. The number of ether oxygens (including phenoxy) is 1. The minimum absolute atomic E-state index is 0.0718. The van der Waals surface area contributed by atoms with Crippen molar-refractivity contribution in [1.82, 2.24) is 20.3 Å². The Bertz CT molecular complexity index is 1620. The van der Waals surface area contributed by atoms with Gasteiger partial charge in [0, 0.05) is 35.5 Å². The Morgan fingerprint density at radius 3 is 2.46 bits per heavy atom. The quantitative estimate of drug-likeness (QED) is 0.245. The lowest BCUT2D eigenvalue weighted by atomic mass is 10.1. The molecule has 2 heterocycles. The molecule has 1 N–H and O–H groups in total. The molecule has 3 aromatic carbocycles. The van der Waals surface area contributed by atoms with Crippen LogP contribution in [0.15, 0.2) is 83.5 Å². The first-order chi connectivity index (χ1) is 18.8. The second-order valence-corrected chi connectivity index (χ2v) is 9.65. The highest BCUT2D eigenvalue weighted by Gasteiger charge is 2.18. The van der Waals surface area contributed by atoms with Crippen LogP contribution in [0, 0.1) is 19.7 Å². The molecule has 0 spiro atoms. The van der Waals surface area contributed by atoms with Crippen LogP contribution in [-0.4, -0.2) is 26.9 Å². The summed E-state index contributed by atoms with van der Waals surface area (Å²) in [5, 5.41) is 11.6. The van der Waals surface area contributed by atoms with Crippen LogP contribution in [0.5, 0.6) is 5.75 Å². The highest BCUT2D eigenvalue weighted by Crippen LogP contribution is 2.28. The molecule has 2 aromatic heterocycles. The third-order valence-corrected chi connectivity index (χ3v) is 6.25. The van der Waals surface area contributed by atoms with E-state index in [1.165, 1.54) is 6.07 Å². The molecular formula is C31H29FN4O3. The van der Waals surface area contributed by atoms with Crippen molar-refractivity contribution in [1.29, 1.82) is 0 Å². The minimum atomic E-state index is -0.379. The Morgan fingerprint density at radius 2 is 1.74 bits per heavy atom. The number of carbonyl (C=O) groups is 1. The molecule has 7 nitrogen and oxygen atoms in total. The smallest absolute Gasteiger partial charge is 0.273 e. The zero-order valence-electron chi connectivity index (χ0n) is 22.2. The molecule has 0 aliphatic carbocycles. The summed E-state index contributed by atoms with van der Waals surface area (Å²) in [6, 6.07) is 21.8. The molecular weight excluding hydrogens is 495 g/mol. The molecule has 0 saturated carbocycles. The SMILES string of the molecule is Cc1cc(-c2nn(-c3ccccc3)cc2CNC(=O)c2cc(-c3ccc(OC(C)C)c(C)c3)on2)ccc1F. The Balaban J connectivity index is 1.36. The molecule has 0 saturated heterocycles. The first-order valence-electron chi connectivity index (χ1n) is 12.7. The zero-order valence-corrected chi connectivity index (χ0v) is 22.2. The molecule has 0 aliphatic heterocycles. The van der Waals surface area contributed by atoms with Gasteiger partial charge >= 0.3 is 0 Å². The van der Waals surface area contributed by atoms with E-state index in [2.05, 4.69) is 10.5 Å². The van der Waals surface area contributed by atoms with Crippen LogP contribution in [0.2, 0.25) is 0 Å². The number of rotatable bonds is 8. The summed E-state index contributed by atoms with van der Waals surface area (Å²) in [5.74, 6) is 0.624. The number of aryl methyl sites for hydroxylation is 2. The summed E-state index contributed by atoms with van der Waals surface area (Å²) in [6.45, 7) is 7.82.